The van der Waals surface area contributed by atoms with Gasteiger partial charge in [0.2, 0.25) is 5.88 Å². The summed E-state index contributed by atoms with van der Waals surface area (Å²) >= 11 is 1.44. The van der Waals surface area contributed by atoms with Crippen LogP contribution in [0.4, 0.5) is 13.2 Å². The number of benzene rings is 1. The molecule has 0 bridgehead atoms. The van der Waals surface area contributed by atoms with E-state index in [4.69, 9.17) is 9.57 Å². The van der Waals surface area contributed by atoms with Crippen LogP contribution < -0.4 is 15.0 Å². The Hall–Kier alpha value is -3.18. The van der Waals surface area contributed by atoms with E-state index in [2.05, 4.69) is 25.4 Å². The number of pyridine rings is 1. The number of halogens is 3. The highest BCUT2D eigenvalue weighted by atomic mass is 32.1. The van der Waals surface area contributed by atoms with Crippen LogP contribution in [-0.2, 0) is 10.4 Å². The van der Waals surface area contributed by atoms with Crippen molar-refractivity contribution < 1.29 is 27.5 Å². The Morgan fingerprint density at radius 1 is 1.07 bits per heavy atom. The SMILES string of the molecule is Cc1nnc(-c2ccc(OC3=CC(C)(c4ccc(OC(F)(F)F)cc4)ON3)cn2)s1. The second kappa shape index (κ2) is 7.58. The van der Waals surface area contributed by atoms with Crippen molar-refractivity contribution in [3.8, 4) is 22.2 Å². The number of hydroxylamine groups is 1. The zero-order valence-corrected chi connectivity index (χ0v) is 16.5. The summed E-state index contributed by atoms with van der Waals surface area (Å²) in [6.07, 6.45) is -1.52. The number of ether oxygens (including phenoxy) is 2. The van der Waals surface area contributed by atoms with Gasteiger partial charge in [0, 0.05) is 6.08 Å². The molecule has 1 N–H and O–H groups in total. The van der Waals surface area contributed by atoms with Gasteiger partial charge in [-0.2, -0.15) is 0 Å². The molecule has 3 aromatic rings. The number of aromatic nitrogens is 3. The quantitative estimate of drug-likeness (QED) is 0.632. The standard InChI is InChI=1S/C19H15F3N4O3S/c1-11-24-25-17(30-11)15-8-7-14(10-23-15)27-16-9-18(2,29-26-16)12-3-5-13(6-4-12)28-19(20,21)22/h3-10,26H,1-2H3. The van der Waals surface area contributed by atoms with E-state index in [0.717, 1.165) is 5.01 Å². The highest BCUT2D eigenvalue weighted by molar-refractivity contribution is 7.14. The number of hydrogen-bond acceptors (Lipinski definition) is 8. The van der Waals surface area contributed by atoms with Gasteiger partial charge < -0.3 is 9.47 Å². The Morgan fingerprint density at radius 2 is 1.80 bits per heavy atom. The molecular formula is C19H15F3N4O3S. The second-order valence-corrected chi connectivity index (χ2v) is 7.68. The molecular weight excluding hydrogens is 421 g/mol. The summed E-state index contributed by atoms with van der Waals surface area (Å²) in [4.78, 5) is 9.90. The van der Waals surface area contributed by atoms with Crippen LogP contribution in [0.2, 0.25) is 0 Å². The third kappa shape index (κ3) is 4.52. The summed E-state index contributed by atoms with van der Waals surface area (Å²) in [6.45, 7) is 3.61. The molecule has 2 aromatic heterocycles. The van der Waals surface area contributed by atoms with Gasteiger partial charge in [-0.1, -0.05) is 23.5 Å². The normalized spacial score (nSPS) is 18.6. The molecule has 1 atom stereocenters. The van der Waals surface area contributed by atoms with E-state index in [9.17, 15) is 13.2 Å². The second-order valence-electron chi connectivity index (χ2n) is 6.50. The molecule has 1 aliphatic rings. The average Bonchev–Trinajstić information content (AvgIpc) is 3.28. The molecule has 0 fully saturated rings. The van der Waals surface area contributed by atoms with Crippen molar-refractivity contribution in [2.24, 2.45) is 0 Å². The van der Waals surface area contributed by atoms with Crippen LogP contribution in [0, 0.1) is 6.92 Å². The third-order valence-electron chi connectivity index (χ3n) is 4.14. The van der Waals surface area contributed by atoms with Gasteiger partial charge in [0.15, 0.2) is 5.01 Å². The van der Waals surface area contributed by atoms with Crippen molar-refractivity contribution in [3.05, 3.63) is 65.1 Å². The van der Waals surface area contributed by atoms with Crippen molar-refractivity contribution in [1.29, 1.82) is 0 Å². The number of aryl methyl sites for hydroxylation is 1. The highest BCUT2D eigenvalue weighted by Gasteiger charge is 2.34. The maximum atomic E-state index is 12.3. The molecule has 0 saturated heterocycles. The Kier molecular flexibility index (Phi) is 5.08. The van der Waals surface area contributed by atoms with Crippen molar-refractivity contribution in [2.45, 2.75) is 25.8 Å². The summed E-state index contributed by atoms with van der Waals surface area (Å²) in [6, 6.07) is 8.93. The van der Waals surface area contributed by atoms with Gasteiger partial charge in [-0.25, -0.2) is 10.5 Å². The van der Waals surface area contributed by atoms with Crippen LogP contribution in [-0.4, -0.2) is 21.5 Å². The van der Waals surface area contributed by atoms with Crippen LogP contribution in [0.1, 0.15) is 17.5 Å². The zero-order valence-electron chi connectivity index (χ0n) is 15.7. The molecule has 156 valence electrons. The predicted octanol–water partition coefficient (Wildman–Crippen LogP) is 4.48. The Morgan fingerprint density at radius 3 is 2.40 bits per heavy atom. The van der Waals surface area contributed by atoms with Crippen LogP contribution in [0.3, 0.4) is 0 Å². The first-order valence-corrected chi connectivity index (χ1v) is 9.49. The predicted molar refractivity (Wildman–Crippen MR) is 101 cm³/mol. The highest BCUT2D eigenvalue weighted by Crippen LogP contribution is 2.34. The Labute approximate surface area is 173 Å². The first kappa shape index (κ1) is 20.1. The molecule has 0 amide bonds. The first-order chi connectivity index (χ1) is 14.2. The fourth-order valence-electron chi connectivity index (χ4n) is 2.74. The molecule has 1 unspecified atom stereocenters. The minimum atomic E-state index is -4.74. The molecule has 0 saturated carbocycles. The lowest BCUT2D eigenvalue weighted by molar-refractivity contribution is -0.274. The lowest BCUT2D eigenvalue weighted by Gasteiger charge is -2.20. The van der Waals surface area contributed by atoms with E-state index in [0.29, 0.717) is 27.9 Å². The summed E-state index contributed by atoms with van der Waals surface area (Å²) in [7, 11) is 0. The van der Waals surface area contributed by atoms with Crippen LogP contribution in [0.5, 0.6) is 11.5 Å². The third-order valence-corrected chi connectivity index (χ3v) is 5.00. The molecule has 3 heterocycles. The van der Waals surface area contributed by atoms with E-state index in [-0.39, 0.29) is 5.75 Å². The molecule has 1 aliphatic heterocycles. The van der Waals surface area contributed by atoms with Gasteiger partial charge in [0.05, 0.1) is 6.20 Å². The number of hydrogen-bond donors (Lipinski definition) is 1. The van der Waals surface area contributed by atoms with Gasteiger partial charge in [-0.3, -0.25) is 4.84 Å². The van der Waals surface area contributed by atoms with Gasteiger partial charge in [0.25, 0.3) is 0 Å². The molecule has 11 heteroatoms. The average molecular weight is 436 g/mol. The van der Waals surface area contributed by atoms with E-state index in [1.807, 2.05) is 6.92 Å². The van der Waals surface area contributed by atoms with Crippen LogP contribution in [0.25, 0.3) is 10.7 Å². The Balaban J connectivity index is 1.45. The largest absolute Gasteiger partial charge is 0.573 e. The van der Waals surface area contributed by atoms with Crippen molar-refractivity contribution in [1.82, 2.24) is 20.7 Å². The molecule has 1 aromatic carbocycles. The molecule has 0 radical (unpaired) electrons. The van der Waals surface area contributed by atoms with Crippen molar-refractivity contribution in [3.63, 3.8) is 0 Å². The van der Waals surface area contributed by atoms with Crippen molar-refractivity contribution >= 4 is 11.3 Å². The lowest BCUT2D eigenvalue weighted by atomic mass is 9.96. The van der Waals surface area contributed by atoms with Gasteiger partial charge in [-0.05, 0) is 43.7 Å². The van der Waals surface area contributed by atoms with Gasteiger partial charge in [-0.15, -0.1) is 23.4 Å². The molecule has 0 spiro atoms. The smallest absolute Gasteiger partial charge is 0.438 e. The number of alkyl halides is 3. The molecule has 30 heavy (non-hydrogen) atoms. The lowest BCUT2D eigenvalue weighted by Crippen LogP contribution is -2.23. The summed E-state index contributed by atoms with van der Waals surface area (Å²) in [5.41, 5.74) is 3.03. The maximum Gasteiger partial charge on any atom is 0.573 e. The number of nitrogens with one attached hydrogen (secondary N) is 1. The Bertz CT molecular complexity index is 1070. The summed E-state index contributed by atoms with van der Waals surface area (Å²) in [5, 5.41) is 9.57. The van der Waals surface area contributed by atoms with Gasteiger partial charge in [0.1, 0.15) is 27.8 Å². The first-order valence-electron chi connectivity index (χ1n) is 8.68. The van der Waals surface area contributed by atoms with Crippen LogP contribution >= 0.6 is 11.3 Å². The zero-order chi connectivity index (χ0) is 21.4. The van der Waals surface area contributed by atoms with E-state index in [1.54, 1.807) is 31.3 Å². The number of rotatable bonds is 5. The van der Waals surface area contributed by atoms with Gasteiger partial charge >= 0.3 is 6.36 Å². The fraction of sp³-hybridized carbons (Fsp3) is 0.211. The van der Waals surface area contributed by atoms with E-state index >= 15 is 0 Å². The van der Waals surface area contributed by atoms with E-state index in [1.165, 1.54) is 35.6 Å². The molecule has 0 aliphatic carbocycles. The minimum absolute atomic E-state index is 0.307. The van der Waals surface area contributed by atoms with E-state index < -0.39 is 12.0 Å². The molecule has 7 nitrogen and oxygen atoms in total. The topological polar surface area (TPSA) is 78.4 Å². The van der Waals surface area contributed by atoms with Crippen molar-refractivity contribution in [2.75, 3.05) is 0 Å². The minimum Gasteiger partial charge on any atom is -0.438 e. The molecule has 4 rings (SSSR count). The van der Waals surface area contributed by atoms with Crippen LogP contribution in [0.15, 0.2) is 54.6 Å². The summed E-state index contributed by atoms with van der Waals surface area (Å²) in [5.74, 6) is 0.494. The fourth-order valence-corrected chi connectivity index (χ4v) is 3.41. The maximum absolute atomic E-state index is 12.3. The number of nitrogens with zero attached hydrogens (tertiary/aromatic N) is 3. The summed E-state index contributed by atoms with van der Waals surface area (Å²) < 4.78 is 46.5. The monoisotopic (exact) mass is 436 g/mol.